The molecule has 0 bridgehead atoms. The molecule has 0 aliphatic carbocycles. The Hall–Kier alpha value is -1.65. The summed E-state index contributed by atoms with van der Waals surface area (Å²) in [5.74, 6) is 0.287. The fourth-order valence-electron chi connectivity index (χ4n) is 0.495. The molecule has 0 aromatic carbocycles. The second-order valence-corrected chi connectivity index (χ2v) is 1.60. The van der Waals surface area contributed by atoms with Crippen molar-refractivity contribution in [2.75, 3.05) is 0 Å². The summed E-state index contributed by atoms with van der Waals surface area (Å²) in [7, 11) is 0. The number of hydroxylamine groups is 1. The minimum absolute atomic E-state index is 0.287. The molecule has 1 aliphatic rings. The lowest BCUT2D eigenvalue weighted by atomic mass is 10.5. The van der Waals surface area contributed by atoms with Gasteiger partial charge in [0.2, 0.25) is 5.88 Å². The highest BCUT2D eigenvalue weighted by Gasteiger charge is 2.00. The summed E-state index contributed by atoms with van der Waals surface area (Å²) in [6.45, 7) is 0. The second kappa shape index (κ2) is 2.77. The zero-order valence-electron chi connectivity index (χ0n) is 5.13. The first kappa shape index (κ1) is 6.47. The van der Waals surface area contributed by atoms with E-state index < -0.39 is 6.03 Å². The van der Waals surface area contributed by atoms with E-state index >= 15 is 0 Å². The van der Waals surface area contributed by atoms with E-state index in [1.165, 1.54) is 0 Å². The second-order valence-electron chi connectivity index (χ2n) is 1.60. The van der Waals surface area contributed by atoms with Gasteiger partial charge in [0.1, 0.15) is 0 Å². The Bertz CT molecular complexity index is 197. The van der Waals surface area contributed by atoms with Crippen LogP contribution in [-0.4, -0.2) is 6.03 Å². The number of amides is 2. The highest BCUT2D eigenvalue weighted by Crippen LogP contribution is 1.94. The van der Waals surface area contributed by atoms with Gasteiger partial charge in [0, 0.05) is 12.3 Å². The number of carbonyl (C=O) groups excluding carboxylic acids is 1. The van der Waals surface area contributed by atoms with E-state index in [4.69, 9.17) is 10.6 Å². The van der Waals surface area contributed by atoms with Crippen molar-refractivity contribution in [2.24, 2.45) is 5.73 Å². The average Bonchev–Trinajstić information content (AvgIpc) is 1.88. The summed E-state index contributed by atoms with van der Waals surface area (Å²) in [6.07, 6.45) is 4.82. The Kier molecular flexibility index (Phi) is 1.79. The van der Waals surface area contributed by atoms with E-state index in [2.05, 4.69) is 10.8 Å². The summed E-state index contributed by atoms with van der Waals surface area (Å²) in [5.41, 5.74) is 7.22. The van der Waals surface area contributed by atoms with Gasteiger partial charge in [0.15, 0.2) is 0 Å². The van der Waals surface area contributed by atoms with Gasteiger partial charge in [-0.05, 0) is 6.08 Å². The Morgan fingerprint density at radius 3 is 3.10 bits per heavy atom. The van der Waals surface area contributed by atoms with Crippen LogP contribution in [0.4, 0.5) is 4.79 Å². The molecule has 1 heterocycles. The van der Waals surface area contributed by atoms with Gasteiger partial charge in [-0.2, -0.15) is 0 Å². The Morgan fingerprint density at radius 1 is 1.80 bits per heavy atom. The number of nitrogens with one attached hydrogen (secondary N) is 2. The lowest BCUT2D eigenvalue weighted by Gasteiger charge is -2.10. The van der Waals surface area contributed by atoms with Crippen molar-refractivity contribution in [3.05, 3.63) is 24.2 Å². The van der Waals surface area contributed by atoms with Gasteiger partial charge < -0.3 is 10.6 Å². The van der Waals surface area contributed by atoms with Gasteiger partial charge in [0.25, 0.3) is 0 Å². The van der Waals surface area contributed by atoms with E-state index in [0.717, 1.165) is 0 Å². The molecule has 4 N–H and O–H groups in total. The Labute approximate surface area is 57.5 Å². The third-order valence-corrected chi connectivity index (χ3v) is 0.827. The molecule has 0 fully saturated rings. The van der Waals surface area contributed by atoms with Crippen molar-refractivity contribution in [2.45, 2.75) is 0 Å². The number of allylic oxidation sites excluding steroid dienone is 2. The van der Waals surface area contributed by atoms with Crippen LogP contribution in [0.25, 0.3) is 0 Å². The molecule has 2 amide bonds. The van der Waals surface area contributed by atoms with Crippen molar-refractivity contribution in [3.63, 3.8) is 0 Å². The molecule has 0 unspecified atom stereocenters. The van der Waals surface area contributed by atoms with Gasteiger partial charge in [-0.15, -0.1) is 0 Å². The molecule has 0 saturated heterocycles. The van der Waals surface area contributed by atoms with Crippen molar-refractivity contribution in [3.8, 4) is 0 Å². The molecule has 0 spiro atoms. The van der Waals surface area contributed by atoms with Crippen molar-refractivity contribution in [1.82, 2.24) is 10.8 Å². The van der Waals surface area contributed by atoms with Crippen molar-refractivity contribution >= 4 is 6.03 Å². The molecule has 0 atom stereocenters. The SMILES string of the molecule is NC(=O)NC1=CC=CNO1. The van der Waals surface area contributed by atoms with Gasteiger partial charge >= 0.3 is 6.03 Å². The van der Waals surface area contributed by atoms with Crippen LogP contribution in [0.15, 0.2) is 24.2 Å². The van der Waals surface area contributed by atoms with Gasteiger partial charge in [-0.1, -0.05) is 0 Å². The first-order valence-corrected chi connectivity index (χ1v) is 2.65. The standard InChI is InChI=1S/C5H7N3O2/c6-5(9)8-4-2-1-3-7-10-4/h1-3,7H,(H3,6,8,9). The molecule has 5 heteroatoms. The van der Waals surface area contributed by atoms with Crippen molar-refractivity contribution < 1.29 is 9.63 Å². The largest absolute Gasteiger partial charge is 0.364 e. The maximum Gasteiger partial charge on any atom is 0.319 e. The summed E-state index contributed by atoms with van der Waals surface area (Å²) in [5, 5.41) is 2.25. The smallest absolute Gasteiger partial charge is 0.319 e. The van der Waals surface area contributed by atoms with Crippen LogP contribution in [0.1, 0.15) is 0 Å². The van der Waals surface area contributed by atoms with E-state index in [0.29, 0.717) is 0 Å². The number of nitrogens with two attached hydrogens (primary N) is 1. The fourth-order valence-corrected chi connectivity index (χ4v) is 0.495. The molecule has 5 nitrogen and oxygen atoms in total. The van der Waals surface area contributed by atoms with Gasteiger partial charge in [-0.3, -0.25) is 5.32 Å². The highest BCUT2D eigenvalue weighted by atomic mass is 16.7. The monoisotopic (exact) mass is 141 g/mol. The third kappa shape index (κ3) is 1.70. The third-order valence-electron chi connectivity index (χ3n) is 0.827. The van der Waals surface area contributed by atoms with Crippen LogP contribution in [0.2, 0.25) is 0 Å². The van der Waals surface area contributed by atoms with Crippen LogP contribution in [-0.2, 0) is 4.84 Å². The highest BCUT2D eigenvalue weighted by molar-refractivity contribution is 5.73. The van der Waals surface area contributed by atoms with Gasteiger partial charge in [-0.25, -0.2) is 10.3 Å². The van der Waals surface area contributed by atoms with Crippen LogP contribution >= 0.6 is 0 Å². The molecular weight excluding hydrogens is 134 g/mol. The normalized spacial score (nSPS) is 14.6. The maximum absolute atomic E-state index is 10.2. The summed E-state index contributed by atoms with van der Waals surface area (Å²) in [6, 6.07) is -0.650. The number of hydrogen-bond donors (Lipinski definition) is 3. The van der Waals surface area contributed by atoms with Crippen LogP contribution in [0.5, 0.6) is 0 Å². The molecule has 1 rings (SSSR count). The molecular formula is C5H7N3O2. The van der Waals surface area contributed by atoms with Crippen molar-refractivity contribution in [1.29, 1.82) is 0 Å². The molecule has 0 aromatic rings. The zero-order chi connectivity index (χ0) is 7.40. The number of rotatable bonds is 1. The lowest BCUT2D eigenvalue weighted by Crippen LogP contribution is -2.32. The summed E-state index contributed by atoms with van der Waals surface area (Å²) >= 11 is 0. The summed E-state index contributed by atoms with van der Waals surface area (Å²) in [4.78, 5) is 14.9. The topological polar surface area (TPSA) is 76.4 Å². The molecule has 54 valence electrons. The molecule has 1 aliphatic heterocycles. The predicted octanol–water partition coefficient (Wildman–Crippen LogP) is -0.455. The van der Waals surface area contributed by atoms with E-state index in [1.54, 1.807) is 18.4 Å². The Morgan fingerprint density at radius 2 is 2.60 bits per heavy atom. The minimum atomic E-state index is -0.650. The number of primary amides is 1. The van der Waals surface area contributed by atoms with E-state index in [9.17, 15) is 4.79 Å². The first-order chi connectivity index (χ1) is 4.79. The number of urea groups is 1. The average molecular weight is 141 g/mol. The minimum Gasteiger partial charge on any atom is -0.364 e. The quantitative estimate of drug-likeness (QED) is 0.462. The van der Waals surface area contributed by atoms with Crippen LogP contribution < -0.4 is 16.5 Å². The molecule has 10 heavy (non-hydrogen) atoms. The fraction of sp³-hybridized carbons (Fsp3) is 0. The molecule has 0 aromatic heterocycles. The van der Waals surface area contributed by atoms with E-state index in [1.807, 2.05) is 0 Å². The zero-order valence-corrected chi connectivity index (χ0v) is 5.13. The predicted molar refractivity (Wildman–Crippen MR) is 34.2 cm³/mol. The first-order valence-electron chi connectivity index (χ1n) is 2.65. The number of hydrogen-bond acceptors (Lipinski definition) is 3. The maximum atomic E-state index is 10.2. The number of carbonyl (C=O) groups is 1. The van der Waals surface area contributed by atoms with Gasteiger partial charge in [0.05, 0.1) is 0 Å². The van der Waals surface area contributed by atoms with E-state index in [-0.39, 0.29) is 5.88 Å². The lowest BCUT2D eigenvalue weighted by molar-refractivity contribution is 0.124. The molecule has 0 saturated carbocycles. The Balaban J connectivity index is 2.47. The van der Waals surface area contributed by atoms with Crippen LogP contribution in [0.3, 0.4) is 0 Å². The van der Waals surface area contributed by atoms with Crippen LogP contribution in [0, 0.1) is 0 Å². The molecule has 0 radical (unpaired) electrons. The summed E-state index contributed by atoms with van der Waals surface area (Å²) < 4.78 is 0.